The fraction of sp³-hybridized carbons (Fsp3) is 0. The largest absolute Gasteiger partial charge is 0.282 e. The molecule has 0 spiro atoms. The van der Waals surface area contributed by atoms with Gasteiger partial charge >= 0.3 is 0 Å². The van der Waals surface area contributed by atoms with Gasteiger partial charge in [0.2, 0.25) is 0 Å². The zero-order valence-corrected chi connectivity index (χ0v) is 15.7. The second kappa shape index (κ2) is 6.67. The van der Waals surface area contributed by atoms with Crippen molar-refractivity contribution in [2.45, 2.75) is 0 Å². The maximum atomic E-state index is 12.5. The smallest absolute Gasteiger partial charge is 0.267 e. The van der Waals surface area contributed by atoms with Gasteiger partial charge in [-0.2, -0.15) is 5.01 Å². The van der Waals surface area contributed by atoms with Crippen molar-refractivity contribution in [3.8, 4) is 0 Å². The van der Waals surface area contributed by atoms with Crippen LogP contribution in [-0.2, 0) is 0 Å². The normalized spacial score (nSPS) is 13.2. The molecule has 2 aromatic rings. The molecule has 0 fully saturated rings. The van der Waals surface area contributed by atoms with E-state index >= 15 is 0 Å². The Morgan fingerprint density at radius 2 is 1.20 bits per heavy atom. The first-order chi connectivity index (χ1) is 11.7. The summed E-state index contributed by atoms with van der Waals surface area (Å²) in [6.07, 6.45) is 0. The van der Waals surface area contributed by atoms with Crippen LogP contribution in [0.5, 0.6) is 0 Å². The highest BCUT2D eigenvalue weighted by Gasteiger charge is 2.42. The van der Waals surface area contributed by atoms with Crippen LogP contribution in [0, 0.1) is 0 Å². The molecule has 25 heavy (non-hydrogen) atoms. The van der Waals surface area contributed by atoms with E-state index < -0.39 is 17.7 Å². The average molecular weight is 438 g/mol. The summed E-state index contributed by atoms with van der Waals surface area (Å²) in [5.74, 6) is -2.43. The summed E-state index contributed by atoms with van der Waals surface area (Å²) >= 11 is 29.6. The third-order valence-corrected chi connectivity index (χ3v) is 5.47. The molecule has 1 aliphatic rings. The van der Waals surface area contributed by atoms with Gasteiger partial charge < -0.3 is 0 Å². The fourth-order valence-corrected chi connectivity index (χ4v) is 3.36. The monoisotopic (exact) mass is 436 g/mol. The van der Waals surface area contributed by atoms with E-state index in [1.165, 1.54) is 24.3 Å². The van der Waals surface area contributed by atoms with E-state index in [0.29, 0.717) is 10.0 Å². The lowest BCUT2D eigenvalue weighted by atomic mass is 10.1. The second-order valence-electron chi connectivity index (χ2n) is 4.90. The van der Waals surface area contributed by atoms with Crippen LogP contribution in [0.15, 0.2) is 24.3 Å². The van der Waals surface area contributed by atoms with E-state index in [2.05, 4.69) is 5.43 Å². The van der Waals surface area contributed by atoms with Crippen LogP contribution in [0.25, 0.3) is 0 Å². The van der Waals surface area contributed by atoms with Crippen molar-refractivity contribution in [2.24, 2.45) is 0 Å². The first kappa shape index (κ1) is 18.3. The Balaban J connectivity index is 1.98. The highest BCUT2D eigenvalue weighted by Crippen LogP contribution is 2.44. The van der Waals surface area contributed by atoms with E-state index in [0.717, 1.165) is 0 Å². The van der Waals surface area contributed by atoms with Gasteiger partial charge in [-0.15, -0.1) is 0 Å². The van der Waals surface area contributed by atoms with Crippen molar-refractivity contribution in [1.82, 2.24) is 10.4 Å². The molecular formula is C15H5Cl5N2O3. The number of nitrogens with one attached hydrogen (secondary N) is 1. The Labute approximate surface area is 166 Å². The van der Waals surface area contributed by atoms with Crippen LogP contribution in [0.3, 0.4) is 0 Å². The SMILES string of the molecule is O=C(NN1C(=O)c2c(Cl)c(Cl)c(Cl)c(Cl)c2C1=O)c1ccc(Cl)cc1. The van der Waals surface area contributed by atoms with Crippen LogP contribution in [0.4, 0.5) is 0 Å². The number of halogens is 5. The molecule has 0 radical (unpaired) electrons. The molecule has 0 bridgehead atoms. The van der Waals surface area contributed by atoms with E-state index in [-0.39, 0.29) is 36.8 Å². The summed E-state index contributed by atoms with van der Waals surface area (Å²) in [5, 5.41) is 0.199. The van der Waals surface area contributed by atoms with Gasteiger partial charge in [-0.1, -0.05) is 58.0 Å². The molecule has 0 aliphatic carbocycles. The fourth-order valence-electron chi connectivity index (χ4n) is 2.22. The standard InChI is InChI=1S/C15H5Cl5N2O3/c16-6-3-1-5(2-4-6)13(23)21-22-14(24)7-8(15(22)25)10(18)12(20)11(19)9(7)17/h1-4H,(H,21,23). The molecule has 3 amide bonds. The van der Waals surface area contributed by atoms with Crippen LogP contribution < -0.4 is 5.43 Å². The topological polar surface area (TPSA) is 66.5 Å². The number of rotatable bonds is 2. The summed E-state index contributed by atoms with van der Waals surface area (Å²) < 4.78 is 0. The van der Waals surface area contributed by atoms with Gasteiger partial charge in [0, 0.05) is 10.6 Å². The zero-order chi connectivity index (χ0) is 18.5. The van der Waals surface area contributed by atoms with Crippen molar-refractivity contribution >= 4 is 75.7 Å². The molecule has 3 rings (SSSR count). The first-order valence-corrected chi connectivity index (χ1v) is 8.44. The van der Waals surface area contributed by atoms with Crippen molar-refractivity contribution in [2.75, 3.05) is 0 Å². The summed E-state index contributed by atoms with van der Waals surface area (Å²) in [5.41, 5.74) is 1.95. The molecule has 10 heteroatoms. The third kappa shape index (κ3) is 2.96. The van der Waals surface area contributed by atoms with Gasteiger partial charge in [0.15, 0.2) is 0 Å². The van der Waals surface area contributed by atoms with E-state index in [4.69, 9.17) is 58.0 Å². The average Bonchev–Trinajstić information content (AvgIpc) is 2.83. The molecule has 128 valence electrons. The van der Waals surface area contributed by atoms with E-state index in [9.17, 15) is 14.4 Å². The number of hydrogen-bond donors (Lipinski definition) is 1. The highest BCUT2D eigenvalue weighted by atomic mass is 35.5. The number of carbonyl (C=O) groups excluding carboxylic acids is 3. The Morgan fingerprint density at radius 3 is 1.64 bits per heavy atom. The summed E-state index contributed by atoms with van der Waals surface area (Å²) in [4.78, 5) is 37.2. The third-order valence-electron chi connectivity index (χ3n) is 3.42. The Morgan fingerprint density at radius 1 is 0.760 bits per heavy atom. The molecule has 5 nitrogen and oxygen atoms in total. The predicted molar refractivity (Wildman–Crippen MR) is 95.9 cm³/mol. The van der Waals surface area contributed by atoms with Crippen molar-refractivity contribution in [1.29, 1.82) is 0 Å². The van der Waals surface area contributed by atoms with Gasteiger partial charge in [-0.05, 0) is 24.3 Å². The number of imide groups is 1. The number of amides is 3. The van der Waals surface area contributed by atoms with E-state index in [1.54, 1.807) is 0 Å². The Bertz CT molecular complexity index is 896. The molecule has 0 saturated heterocycles. The quantitative estimate of drug-likeness (QED) is 0.412. The molecule has 0 saturated carbocycles. The number of nitrogens with zero attached hydrogens (tertiary/aromatic N) is 1. The maximum Gasteiger partial charge on any atom is 0.282 e. The van der Waals surface area contributed by atoms with Crippen molar-refractivity contribution in [3.05, 3.63) is 66.1 Å². The summed E-state index contributed by atoms with van der Waals surface area (Å²) in [6.45, 7) is 0. The van der Waals surface area contributed by atoms with Crippen LogP contribution in [0.1, 0.15) is 31.1 Å². The van der Waals surface area contributed by atoms with Gasteiger partial charge in [0.25, 0.3) is 17.7 Å². The van der Waals surface area contributed by atoms with Gasteiger partial charge in [0.1, 0.15) is 0 Å². The molecule has 2 aromatic carbocycles. The lowest BCUT2D eigenvalue weighted by Crippen LogP contribution is -2.45. The minimum Gasteiger partial charge on any atom is -0.267 e. The first-order valence-electron chi connectivity index (χ1n) is 6.55. The van der Waals surface area contributed by atoms with Gasteiger partial charge in [-0.3, -0.25) is 19.8 Å². The van der Waals surface area contributed by atoms with E-state index in [1.807, 2.05) is 0 Å². The van der Waals surface area contributed by atoms with Crippen LogP contribution in [-0.4, -0.2) is 22.7 Å². The molecular weight excluding hydrogens is 433 g/mol. The Hall–Kier alpha value is -1.50. The van der Waals surface area contributed by atoms with Crippen LogP contribution in [0.2, 0.25) is 25.1 Å². The molecule has 0 unspecified atom stereocenters. The van der Waals surface area contributed by atoms with Crippen LogP contribution >= 0.6 is 58.0 Å². The molecule has 0 atom stereocenters. The molecule has 1 aliphatic heterocycles. The summed E-state index contributed by atoms with van der Waals surface area (Å²) in [6, 6.07) is 5.85. The zero-order valence-electron chi connectivity index (χ0n) is 11.9. The number of benzene rings is 2. The minimum absolute atomic E-state index is 0.154. The maximum absolute atomic E-state index is 12.5. The minimum atomic E-state index is -0.868. The number of carbonyl (C=O) groups is 3. The highest BCUT2D eigenvalue weighted by molar-refractivity contribution is 6.55. The predicted octanol–water partition coefficient (Wildman–Crippen LogP) is 4.89. The Kier molecular flexibility index (Phi) is 4.88. The molecule has 1 heterocycles. The van der Waals surface area contributed by atoms with Crippen molar-refractivity contribution < 1.29 is 14.4 Å². The number of hydrazine groups is 1. The lowest BCUT2D eigenvalue weighted by molar-refractivity contribution is 0.0518. The molecule has 0 aromatic heterocycles. The lowest BCUT2D eigenvalue weighted by Gasteiger charge is -2.15. The van der Waals surface area contributed by atoms with Gasteiger partial charge in [0.05, 0.1) is 31.2 Å². The van der Waals surface area contributed by atoms with Crippen molar-refractivity contribution in [3.63, 3.8) is 0 Å². The number of fused-ring (bicyclic) bond motifs is 1. The second-order valence-corrected chi connectivity index (χ2v) is 6.85. The van der Waals surface area contributed by atoms with Gasteiger partial charge in [-0.25, -0.2) is 0 Å². The number of hydrogen-bond acceptors (Lipinski definition) is 3. The molecule has 1 N–H and O–H groups in total. The summed E-state index contributed by atoms with van der Waals surface area (Å²) in [7, 11) is 0.